The first-order valence-electron chi connectivity index (χ1n) is 3.88. The van der Waals surface area contributed by atoms with Crippen molar-refractivity contribution in [3.63, 3.8) is 0 Å². The second-order valence-corrected chi connectivity index (χ2v) is 5.12. The Kier molecular flexibility index (Phi) is 2.52. The van der Waals surface area contributed by atoms with E-state index in [2.05, 4.69) is 20.9 Å². The maximum absolute atomic E-state index is 10.4. The Balaban J connectivity index is 2.43. The fourth-order valence-corrected chi connectivity index (χ4v) is 2.49. The first-order valence-corrected chi connectivity index (χ1v) is 5.49. The zero-order chi connectivity index (χ0) is 10.1. The van der Waals surface area contributed by atoms with Gasteiger partial charge >= 0.3 is 0 Å². The summed E-state index contributed by atoms with van der Waals surface area (Å²) in [6.45, 7) is 1.99. The van der Waals surface area contributed by atoms with Gasteiger partial charge in [0.05, 0.1) is 14.9 Å². The van der Waals surface area contributed by atoms with Crippen molar-refractivity contribution in [2.75, 3.05) is 0 Å². The van der Waals surface area contributed by atoms with Crippen LogP contribution in [0.4, 0.5) is 0 Å². The number of halogens is 1. The van der Waals surface area contributed by atoms with Gasteiger partial charge < -0.3 is 4.42 Å². The number of hydrogen-bond donors (Lipinski definition) is 0. The lowest BCUT2D eigenvalue weighted by atomic mass is 10.3. The Hall–Kier alpha value is -0.940. The predicted molar refractivity (Wildman–Crippen MR) is 57.6 cm³/mol. The molecule has 0 fully saturated rings. The van der Waals surface area contributed by atoms with Gasteiger partial charge in [-0.1, -0.05) is 0 Å². The monoisotopic (exact) mass is 271 g/mol. The smallest absolute Gasteiger partial charge is 0.237 e. The van der Waals surface area contributed by atoms with Crippen molar-refractivity contribution >= 4 is 33.6 Å². The van der Waals surface area contributed by atoms with Crippen molar-refractivity contribution in [2.45, 2.75) is 6.92 Å². The highest BCUT2D eigenvalue weighted by atomic mass is 79.9. The molecule has 0 unspecified atom stereocenters. The fraction of sp³-hybridized carbons (Fsp3) is 0.111. The molecule has 0 N–H and O–H groups in total. The Bertz CT molecular complexity index is 455. The SMILES string of the molecule is Cc1cc(-c2ncc(C=O)o2)sc1Br. The van der Waals surface area contributed by atoms with E-state index in [1.54, 1.807) is 0 Å². The van der Waals surface area contributed by atoms with Crippen LogP contribution in [0.25, 0.3) is 10.8 Å². The number of aldehydes is 1. The second-order valence-electron chi connectivity index (χ2n) is 2.75. The molecule has 14 heavy (non-hydrogen) atoms. The van der Waals surface area contributed by atoms with Crippen LogP contribution in [0.3, 0.4) is 0 Å². The van der Waals surface area contributed by atoms with Crippen LogP contribution in [0.15, 0.2) is 20.5 Å². The molecule has 0 atom stereocenters. The quantitative estimate of drug-likeness (QED) is 0.788. The van der Waals surface area contributed by atoms with Gasteiger partial charge in [0.1, 0.15) is 0 Å². The molecular formula is C9H6BrNO2S. The number of rotatable bonds is 2. The molecule has 0 saturated carbocycles. The number of nitrogens with zero attached hydrogens (tertiary/aromatic N) is 1. The van der Waals surface area contributed by atoms with Gasteiger partial charge in [-0.3, -0.25) is 4.79 Å². The Morgan fingerprint density at radius 2 is 2.43 bits per heavy atom. The summed E-state index contributed by atoms with van der Waals surface area (Å²) in [5, 5.41) is 0. The minimum absolute atomic E-state index is 0.252. The van der Waals surface area contributed by atoms with Crippen molar-refractivity contribution in [1.29, 1.82) is 0 Å². The second kappa shape index (κ2) is 3.67. The van der Waals surface area contributed by atoms with E-state index in [0.717, 1.165) is 14.2 Å². The van der Waals surface area contributed by atoms with E-state index >= 15 is 0 Å². The number of carbonyl (C=O) groups excluding carboxylic acids is 1. The van der Waals surface area contributed by atoms with E-state index < -0.39 is 0 Å². The molecule has 72 valence electrons. The summed E-state index contributed by atoms with van der Waals surface area (Å²) in [6.07, 6.45) is 2.07. The van der Waals surface area contributed by atoms with E-state index in [1.165, 1.54) is 17.5 Å². The lowest BCUT2D eigenvalue weighted by Gasteiger charge is -1.85. The Morgan fingerprint density at radius 3 is 2.93 bits per heavy atom. The summed E-state index contributed by atoms with van der Waals surface area (Å²) in [6, 6.07) is 1.97. The zero-order valence-corrected chi connectivity index (χ0v) is 9.68. The highest BCUT2D eigenvalue weighted by molar-refractivity contribution is 9.11. The largest absolute Gasteiger partial charge is 0.433 e. The maximum atomic E-state index is 10.4. The number of carbonyl (C=O) groups is 1. The van der Waals surface area contributed by atoms with Crippen molar-refractivity contribution in [1.82, 2.24) is 4.98 Å². The van der Waals surface area contributed by atoms with Crippen LogP contribution >= 0.6 is 27.3 Å². The average Bonchev–Trinajstić information content (AvgIpc) is 2.74. The van der Waals surface area contributed by atoms with Crippen LogP contribution < -0.4 is 0 Å². The normalized spacial score (nSPS) is 10.4. The molecule has 2 aromatic rings. The van der Waals surface area contributed by atoms with Gasteiger partial charge in [0.2, 0.25) is 5.89 Å². The molecule has 0 saturated heterocycles. The Morgan fingerprint density at radius 1 is 1.64 bits per heavy atom. The number of aromatic nitrogens is 1. The number of aryl methyl sites for hydroxylation is 1. The van der Waals surface area contributed by atoms with Gasteiger partial charge in [-0.2, -0.15) is 0 Å². The van der Waals surface area contributed by atoms with Gasteiger partial charge in [0.25, 0.3) is 0 Å². The summed E-state index contributed by atoms with van der Waals surface area (Å²) in [5.74, 6) is 0.744. The van der Waals surface area contributed by atoms with Crippen LogP contribution in [0.2, 0.25) is 0 Å². The maximum Gasteiger partial charge on any atom is 0.237 e. The summed E-state index contributed by atoms with van der Waals surface area (Å²) < 4.78 is 6.25. The topological polar surface area (TPSA) is 43.1 Å². The van der Waals surface area contributed by atoms with Gasteiger partial charge in [-0.15, -0.1) is 11.3 Å². The molecule has 0 radical (unpaired) electrons. The van der Waals surface area contributed by atoms with Crippen LogP contribution in [-0.4, -0.2) is 11.3 Å². The van der Waals surface area contributed by atoms with E-state index in [9.17, 15) is 4.79 Å². The molecule has 0 aromatic carbocycles. The van der Waals surface area contributed by atoms with Crippen molar-refractivity contribution < 1.29 is 9.21 Å². The van der Waals surface area contributed by atoms with Gasteiger partial charge in [-0.25, -0.2) is 4.98 Å². The number of oxazole rings is 1. The number of thiophene rings is 1. The van der Waals surface area contributed by atoms with Crippen LogP contribution in [0.5, 0.6) is 0 Å². The van der Waals surface area contributed by atoms with Crippen LogP contribution in [-0.2, 0) is 0 Å². The third-order valence-electron chi connectivity index (χ3n) is 1.71. The highest BCUT2D eigenvalue weighted by Crippen LogP contribution is 2.34. The van der Waals surface area contributed by atoms with Gasteiger partial charge in [0.15, 0.2) is 12.0 Å². The molecule has 3 nitrogen and oxygen atoms in total. The third kappa shape index (κ3) is 1.65. The molecule has 0 aliphatic carbocycles. The molecule has 2 aromatic heterocycles. The van der Waals surface area contributed by atoms with Crippen LogP contribution in [0, 0.1) is 6.92 Å². The molecule has 0 aliphatic heterocycles. The minimum atomic E-state index is 0.252. The summed E-state index contributed by atoms with van der Waals surface area (Å²) in [4.78, 5) is 15.3. The first kappa shape index (κ1) is 9.61. The molecule has 0 amide bonds. The van der Waals surface area contributed by atoms with E-state index in [0.29, 0.717) is 12.2 Å². The molecule has 2 heterocycles. The van der Waals surface area contributed by atoms with E-state index in [4.69, 9.17) is 4.42 Å². The Labute approximate surface area is 92.9 Å². The molecule has 0 aliphatic rings. The number of hydrogen-bond acceptors (Lipinski definition) is 4. The van der Waals surface area contributed by atoms with Crippen molar-refractivity contribution in [3.05, 3.63) is 27.4 Å². The van der Waals surface area contributed by atoms with Gasteiger partial charge in [0, 0.05) is 0 Å². The highest BCUT2D eigenvalue weighted by Gasteiger charge is 2.10. The van der Waals surface area contributed by atoms with E-state index in [-0.39, 0.29) is 5.76 Å². The zero-order valence-electron chi connectivity index (χ0n) is 7.28. The predicted octanol–water partition coefficient (Wildman–Crippen LogP) is 3.29. The molecular weight excluding hydrogens is 266 g/mol. The molecule has 0 spiro atoms. The summed E-state index contributed by atoms with van der Waals surface area (Å²) in [5.41, 5.74) is 1.14. The lowest BCUT2D eigenvalue weighted by molar-refractivity contribution is 0.110. The summed E-state index contributed by atoms with van der Waals surface area (Å²) >= 11 is 4.95. The average molecular weight is 272 g/mol. The van der Waals surface area contributed by atoms with Crippen molar-refractivity contribution in [2.24, 2.45) is 0 Å². The van der Waals surface area contributed by atoms with Crippen LogP contribution in [0.1, 0.15) is 16.1 Å². The summed E-state index contributed by atoms with van der Waals surface area (Å²) in [7, 11) is 0. The fourth-order valence-electron chi connectivity index (χ4n) is 1.02. The van der Waals surface area contributed by atoms with Gasteiger partial charge in [-0.05, 0) is 34.5 Å². The lowest BCUT2D eigenvalue weighted by Crippen LogP contribution is -1.68. The standard InChI is InChI=1S/C9H6BrNO2S/c1-5-2-7(14-8(5)10)9-11-3-6(4-12)13-9/h2-4H,1H3. The first-order chi connectivity index (χ1) is 6.70. The third-order valence-corrected chi connectivity index (χ3v) is 3.83. The molecule has 2 rings (SSSR count). The molecule has 0 bridgehead atoms. The minimum Gasteiger partial charge on any atom is -0.433 e. The van der Waals surface area contributed by atoms with E-state index in [1.807, 2.05) is 13.0 Å². The van der Waals surface area contributed by atoms with Crippen molar-refractivity contribution in [3.8, 4) is 10.8 Å². The molecule has 5 heteroatoms.